The molecule has 0 bridgehead atoms. The van der Waals surface area contributed by atoms with Gasteiger partial charge in [0.05, 0.1) is 28.0 Å². The molecule has 1 aromatic heterocycles. The number of rotatable bonds is 8. The van der Waals surface area contributed by atoms with E-state index in [4.69, 9.17) is 16.3 Å². The van der Waals surface area contributed by atoms with E-state index in [1.807, 2.05) is 33.3 Å². The number of aryl methyl sites for hydroxylation is 1. The second-order valence-corrected chi connectivity index (χ2v) is 8.69. The average Bonchev–Trinajstić information content (AvgIpc) is 3.06. The summed E-state index contributed by atoms with van der Waals surface area (Å²) in [6.45, 7) is 1.48. The van der Waals surface area contributed by atoms with Gasteiger partial charge >= 0.3 is 6.03 Å². The number of carbonyl (C=O) groups is 1. The van der Waals surface area contributed by atoms with E-state index >= 15 is 0 Å². The van der Waals surface area contributed by atoms with Crippen LogP contribution < -0.4 is 15.4 Å². The van der Waals surface area contributed by atoms with Gasteiger partial charge in [-0.1, -0.05) is 11.6 Å². The van der Waals surface area contributed by atoms with Crippen molar-refractivity contribution in [2.24, 2.45) is 7.05 Å². The van der Waals surface area contributed by atoms with E-state index in [2.05, 4.69) is 36.6 Å². The van der Waals surface area contributed by atoms with Crippen molar-refractivity contribution in [3.63, 3.8) is 0 Å². The molecule has 0 unspecified atom stereocenters. The highest BCUT2D eigenvalue weighted by atomic mass is 79.9. The first-order chi connectivity index (χ1) is 15.2. The predicted molar refractivity (Wildman–Crippen MR) is 131 cm³/mol. The average molecular weight is 523 g/mol. The molecule has 0 spiro atoms. The molecule has 8 nitrogen and oxygen atoms in total. The molecule has 2 amide bonds. The highest BCUT2D eigenvalue weighted by molar-refractivity contribution is 9.10. The number of amides is 2. The Bertz CT molecular complexity index is 1080. The van der Waals surface area contributed by atoms with Crippen LogP contribution in [0.25, 0.3) is 11.3 Å². The van der Waals surface area contributed by atoms with Crippen LogP contribution in [0.4, 0.5) is 16.2 Å². The molecule has 0 aliphatic heterocycles. The van der Waals surface area contributed by atoms with Gasteiger partial charge < -0.3 is 25.4 Å². The number of benzene rings is 2. The van der Waals surface area contributed by atoms with E-state index in [0.717, 1.165) is 28.7 Å². The van der Waals surface area contributed by atoms with E-state index in [0.29, 0.717) is 23.7 Å². The normalized spacial score (nSPS) is 10.9. The van der Waals surface area contributed by atoms with Gasteiger partial charge in [0.25, 0.3) is 0 Å². The fourth-order valence-corrected chi connectivity index (χ4v) is 3.76. The van der Waals surface area contributed by atoms with Crippen molar-refractivity contribution in [3.8, 4) is 22.8 Å². The Morgan fingerprint density at radius 1 is 1.22 bits per heavy atom. The summed E-state index contributed by atoms with van der Waals surface area (Å²) in [7, 11) is 5.89. The number of anilines is 2. The van der Waals surface area contributed by atoms with Crippen LogP contribution in [-0.2, 0) is 7.05 Å². The third kappa shape index (κ3) is 6.15. The molecule has 0 saturated carbocycles. The first-order valence-electron chi connectivity index (χ1n) is 9.90. The minimum absolute atomic E-state index is 0.108. The molecule has 0 aliphatic rings. The fraction of sp³-hybridized carbons (Fsp3) is 0.273. The van der Waals surface area contributed by atoms with Gasteiger partial charge in [0.15, 0.2) is 0 Å². The number of nitrogens with zero attached hydrogens (tertiary/aromatic N) is 3. The molecule has 0 atom stereocenters. The highest BCUT2D eigenvalue weighted by Gasteiger charge is 2.16. The molecule has 0 fully saturated rings. The van der Waals surface area contributed by atoms with Crippen LogP contribution in [-0.4, -0.2) is 53.1 Å². The summed E-state index contributed by atoms with van der Waals surface area (Å²) in [4.78, 5) is 14.6. The van der Waals surface area contributed by atoms with Crippen LogP contribution in [0.15, 0.2) is 47.1 Å². The van der Waals surface area contributed by atoms with Crippen LogP contribution in [0.2, 0.25) is 5.02 Å². The molecule has 170 valence electrons. The van der Waals surface area contributed by atoms with Gasteiger partial charge in [-0.2, -0.15) is 5.10 Å². The summed E-state index contributed by atoms with van der Waals surface area (Å²) in [6.07, 6.45) is 2.60. The van der Waals surface area contributed by atoms with Gasteiger partial charge in [0.1, 0.15) is 11.5 Å². The molecule has 3 rings (SSSR count). The van der Waals surface area contributed by atoms with Gasteiger partial charge in [-0.3, -0.25) is 4.68 Å². The molecular formula is C22H25BrClN5O3. The lowest BCUT2D eigenvalue weighted by Gasteiger charge is -2.16. The van der Waals surface area contributed by atoms with Gasteiger partial charge in [-0.25, -0.2) is 4.79 Å². The van der Waals surface area contributed by atoms with Crippen LogP contribution in [0.3, 0.4) is 0 Å². The zero-order valence-electron chi connectivity index (χ0n) is 18.0. The lowest BCUT2D eigenvalue weighted by atomic mass is 10.1. The van der Waals surface area contributed by atoms with Gasteiger partial charge in [0.2, 0.25) is 0 Å². The smallest absolute Gasteiger partial charge is 0.323 e. The monoisotopic (exact) mass is 521 g/mol. The van der Waals surface area contributed by atoms with Crippen molar-refractivity contribution in [3.05, 3.63) is 52.1 Å². The Kier molecular flexibility index (Phi) is 8.00. The number of nitrogens with one attached hydrogen (secondary N) is 2. The van der Waals surface area contributed by atoms with Crippen molar-refractivity contribution in [2.45, 2.75) is 6.42 Å². The molecule has 0 saturated heterocycles. The number of hydrogen-bond acceptors (Lipinski definition) is 5. The van der Waals surface area contributed by atoms with Crippen molar-refractivity contribution >= 4 is 44.9 Å². The van der Waals surface area contributed by atoms with Gasteiger partial charge in [-0.15, -0.1) is 0 Å². The number of aromatic nitrogens is 2. The molecule has 3 N–H and O–H groups in total. The number of ether oxygens (including phenoxy) is 1. The van der Waals surface area contributed by atoms with Crippen LogP contribution >= 0.6 is 27.5 Å². The summed E-state index contributed by atoms with van der Waals surface area (Å²) in [6, 6.07) is 9.47. The molecule has 0 radical (unpaired) electrons. The molecule has 10 heteroatoms. The van der Waals surface area contributed by atoms with Crippen molar-refractivity contribution in [1.82, 2.24) is 14.7 Å². The SMILES string of the molecule is CN(C)CCCOc1ccc(NC(=O)Nc2ccc(Cl)c(O)c2)cc1-c1c(Br)cnn1C. The maximum absolute atomic E-state index is 12.5. The first kappa shape index (κ1) is 23.9. The quantitative estimate of drug-likeness (QED) is 0.355. The minimum Gasteiger partial charge on any atom is -0.506 e. The standard InChI is InChI=1S/C22H25BrClN5O3/c1-28(2)9-4-10-32-20-8-6-14(11-16(20)21-17(23)13-25-29(21)3)26-22(31)27-15-5-7-18(24)19(30)12-15/h5-8,11-13,30H,4,9-10H2,1-3H3,(H2,26,27,31). The van der Waals surface area contributed by atoms with E-state index < -0.39 is 6.03 Å². The second kappa shape index (κ2) is 10.7. The first-order valence-corrected chi connectivity index (χ1v) is 11.1. The zero-order chi connectivity index (χ0) is 23.3. The van der Waals surface area contributed by atoms with E-state index in [-0.39, 0.29) is 10.8 Å². The van der Waals surface area contributed by atoms with Crippen LogP contribution in [0.1, 0.15) is 6.42 Å². The third-order valence-electron chi connectivity index (χ3n) is 4.60. The molecule has 1 heterocycles. The Hall–Kier alpha value is -2.75. The molecule has 32 heavy (non-hydrogen) atoms. The predicted octanol–water partition coefficient (Wildman–Crippen LogP) is 5.18. The van der Waals surface area contributed by atoms with Crippen molar-refractivity contribution in [1.29, 1.82) is 0 Å². The van der Waals surface area contributed by atoms with Crippen LogP contribution in [0, 0.1) is 0 Å². The van der Waals surface area contributed by atoms with Crippen molar-refractivity contribution < 1.29 is 14.6 Å². The Balaban J connectivity index is 1.80. The van der Waals surface area contributed by atoms with Crippen LogP contribution in [0.5, 0.6) is 11.5 Å². The maximum Gasteiger partial charge on any atom is 0.323 e. The summed E-state index contributed by atoms with van der Waals surface area (Å²) < 4.78 is 8.60. The number of aromatic hydroxyl groups is 1. The van der Waals surface area contributed by atoms with E-state index in [1.165, 1.54) is 12.1 Å². The number of urea groups is 1. The summed E-state index contributed by atoms with van der Waals surface area (Å²) >= 11 is 9.35. The van der Waals surface area contributed by atoms with Crippen molar-refractivity contribution in [2.75, 3.05) is 37.9 Å². The van der Waals surface area contributed by atoms with E-state index in [1.54, 1.807) is 23.0 Å². The fourth-order valence-electron chi connectivity index (χ4n) is 3.08. The number of phenols is 1. The lowest BCUT2D eigenvalue weighted by molar-refractivity contribution is 0.262. The number of carbonyl (C=O) groups excluding carboxylic acids is 1. The summed E-state index contributed by atoms with van der Waals surface area (Å²) in [5, 5.41) is 19.7. The summed E-state index contributed by atoms with van der Waals surface area (Å²) in [5.41, 5.74) is 2.62. The maximum atomic E-state index is 12.5. The largest absolute Gasteiger partial charge is 0.506 e. The minimum atomic E-state index is -0.457. The topological polar surface area (TPSA) is 91.7 Å². The molecular weight excluding hydrogens is 498 g/mol. The molecule has 2 aromatic carbocycles. The summed E-state index contributed by atoms with van der Waals surface area (Å²) in [5.74, 6) is 0.588. The highest BCUT2D eigenvalue weighted by Crippen LogP contribution is 2.37. The Morgan fingerprint density at radius 2 is 1.91 bits per heavy atom. The van der Waals surface area contributed by atoms with E-state index in [9.17, 15) is 9.90 Å². The Morgan fingerprint density at radius 3 is 2.53 bits per heavy atom. The number of phenolic OH excluding ortho intramolecular Hbond substituents is 1. The molecule has 0 aliphatic carbocycles. The Labute approximate surface area is 200 Å². The molecule has 3 aromatic rings. The van der Waals surface area contributed by atoms with Gasteiger partial charge in [-0.05, 0) is 66.8 Å². The number of hydrogen-bond donors (Lipinski definition) is 3. The van der Waals surface area contributed by atoms with Gasteiger partial charge in [0, 0.05) is 36.6 Å². The number of halogens is 2. The third-order valence-corrected chi connectivity index (χ3v) is 5.50. The second-order valence-electron chi connectivity index (χ2n) is 7.43. The lowest BCUT2D eigenvalue weighted by Crippen LogP contribution is -2.19. The zero-order valence-corrected chi connectivity index (χ0v) is 20.4.